The highest BCUT2D eigenvalue weighted by molar-refractivity contribution is 6.34. The van der Waals surface area contributed by atoms with Crippen LogP contribution in [0.4, 0.5) is 11.4 Å². The molecular formula is C12H15ClN2O2. The third-order valence-electron chi connectivity index (χ3n) is 2.83. The Morgan fingerprint density at radius 2 is 2.35 bits per heavy atom. The molecule has 2 rings (SSSR count). The molecule has 0 spiro atoms. The Bertz CT molecular complexity index is 397. The highest BCUT2D eigenvalue weighted by Crippen LogP contribution is 2.28. The van der Waals surface area contributed by atoms with Gasteiger partial charge in [-0.3, -0.25) is 4.79 Å². The minimum Gasteiger partial charge on any atom is -0.397 e. The summed E-state index contributed by atoms with van der Waals surface area (Å²) in [6.45, 7) is 1.20. The molecule has 1 aliphatic rings. The number of nitrogens with two attached hydrogens (primary N) is 1. The number of hydrogen-bond donors (Lipinski definition) is 2. The Morgan fingerprint density at radius 1 is 1.53 bits per heavy atom. The van der Waals surface area contributed by atoms with Crippen LogP contribution in [0.2, 0.25) is 5.02 Å². The molecule has 1 atom stereocenters. The van der Waals surface area contributed by atoms with E-state index in [9.17, 15) is 4.79 Å². The molecule has 4 nitrogen and oxygen atoms in total. The summed E-state index contributed by atoms with van der Waals surface area (Å²) < 4.78 is 5.28. The second kappa shape index (κ2) is 5.38. The van der Waals surface area contributed by atoms with Crippen LogP contribution in [0, 0.1) is 5.92 Å². The van der Waals surface area contributed by atoms with E-state index in [1.54, 1.807) is 18.2 Å². The van der Waals surface area contributed by atoms with Crippen LogP contribution in [-0.4, -0.2) is 19.1 Å². The first kappa shape index (κ1) is 12.2. The fourth-order valence-electron chi connectivity index (χ4n) is 1.85. The molecule has 0 aromatic heterocycles. The van der Waals surface area contributed by atoms with Gasteiger partial charge in [-0.05, 0) is 25.0 Å². The fraction of sp³-hybridized carbons (Fsp3) is 0.417. The summed E-state index contributed by atoms with van der Waals surface area (Å²) in [7, 11) is 0. The first-order valence-electron chi connectivity index (χ1n) is 5.61. The average Bonchev–Trinajstić information content (AvgIpc) is 2.35. The lowest BCUT2D eigenvalue weighted by Crippen LogP contribution is -2.30. The van der Waals surface area contributed by atoms with E-state index in [2.05, 4.69) is 5.32 Å². The van der Waals surface area contributed by atoms with Crippen molar-refractivity contribution >= 4 is 28.9 Å². The Kier molecular flexibility index (Phi) is 3.86. The molecule has 1 aromatic carbocycles. The largest absolute Gasteiger partial charge is 0.397 e. The van der Waals surface area contributed by atoms with Crippen LogP contribution in [0.25, 0.3) is 0 Å². The molecule has 17 heavy (non-hydrogen) atoms. The number of carbonyl (C=O) groups excluding carboxylic acids is 1. The van der Waals surface area contributed by atoms with Crippen LogP contribution in [-0.2, 0) is 9.53 Å². The molecule has 92 valence electrons. The summed E-state index contributed by atoms with van der Waals surface area (Å²) in [5.74, 6) is -0.191. The number of ether oxygens (including phenoxy) is 1. The molecule has 0 saturated carbocycles. The van der Waals surface area contributed by atoms with Crippen molar-refractivity contribution in [1.29, 1.82) is 0 Å². The molecule has 0 bridgehead atoms. The molecule has 3 N–H and O–H groups in total. The molecule has 1 aromatic rings. The lowest BCUT2D eigenvalue weighted by molar-refractivity contribution is -0.123. The Labute approximate surface area is 105 Å². The molecule has 5 heteroatoms. The van der Waals surface area contributed by atoms with Crippen molar-refractivity contribution in [3.8, 4) is 0 Å². The third-order valence-corrected chi connectivity index (χ3v) is 3.14. The standard InChI is InChI=1S/C12H15ClN2O2/c13-9-4-1-5-10(14)11(9)15-12(16)8-3-2-6-17-7-8/h1,4-5,8H,2-3,6-7,14H2,(H,15,16). The zero-order valence-corrected chi connectivity index (χ0v) is 10.2. The topological polar surface area (TPSA) is 64.3 Å². The van der Waals surface area contributed by atoms with Crippen LogP contribution < -0.4 is 11.1 Å². The van der Waals surface area contributed by atoms with E-state index in [0.29, 0.717) is 23.0 Å². The van der Waals surface area contributed by atoms with E-state index in [-0.39, 0.29) is 11.8 Å². The van der Waals surface area contributed by atoms with Crippen molar-refractivity contribution in [3.05, 3.63) is 23.2 Å². The number of amides is 1. The van der Waals surface area contributed by atoms with E-state index < -0.39 is 0 Å². The summed E-state index contributed by atoms with van der Waals surface area (Å²) in [4.78, 5) is 12.0. The second-order valence-electron chi connectivity index (χ2n) is 4.11. The summed E-state index contributed by atoms with van der Waals surface area (Å²) >= 11 is 5.99. The van der Waals surface area contributed by atoms with Crippen molar-refractivity contribution < 1.29 is 9.53 Å². The summed E-state index contributed by atoms with van der Waals surface area (Å²) in [5.41, 5.74) is 6.73. The lowest BCUT2D eigenvalue weighted by Gasteiger charge is -2.21. The number of carbonyl (C=O) groups is 1. The SMILES string of the molecule is Nc1cccc(Cl)c1NC(=O)C1CCCOC1. The average molecular weight is 255 g/mol. The number of anilines is 2. The Morgan fingerprint density at radius 3 is 3.00 bits per heavy atom. The molecule has 1 amide bonds. The molecule has 0 radical (unpaired) electrons. The van der Waals surface area contributed by atoms with Gasteiger partial charge in [-0.1, -0.05) is 17.7 Å². The molecule has 1 fully saturated rings. The Hall–Kier alpha value is -1.26. The van der Waals surface area contributed by atoms with Crippen LogP contribution >= 0.6 is 11.6 Å². The number of rotatable bonds is 2. The number of halogens is 1. The van der Waals surface area contributed by atoms with E-state index in [0.717, 1.165) is 19.4 Å². The van der Waals surface area contributed by atoms with Gasteiger partial charge in [0.25, 0.3) is 0 Å². The van der Waals surface area contributed by atoms with Gasteiger partial charge in [-0.15, -0.1) is 0 Å². The van der Waals surface area contributed by atoms with Gasteiger partial charge >= 0.3 is 0 Å². The van der Waals surface area contributed by atoms with Crippen LogP contribution in [0.15, 0.2) is 18.2 Å². The highest BCUT2D eigenvalue weighted by atomic mass is 35.5. The van der Waals surface area contributed by atoms with Gasteiger partial charge in [0.05, 0.1) is 28.9 Å². The van der Waals surface area contributed by atoms with E-state index >= 15 is 0 Å². The maximum atomic E-state index is 12.0. The maximum Gasteiger partial charge on any atom is 0.229 e. The van der Waals surface area contributed by atoms with Crippen LogP contribution in [0.5, 0.6) is 0 Å². The minimum absolute atomic E-state index is 0.0792. The summed E-state index contributed by atoms with van der Waals surface area (Å²) in [6.07, 6.45) is 1.76. The van der Waals surface area contributed by atoms with Gasteiger partial charge in [0.2, 0.25) is 5.91 Å². The van der Waals surface area contributed by atoms with Crippen molar-refractivity contribution in [1.82, 2.24) is 0 Å². The smallest absolute Gasteiger partial charge is 0.229 e. The first-order chi connectivity index (χ1) is 8.18. The lowest BCUT2D eigenvalue weighted by atomic mass is 10.0. The maximum absolute atomic E-state index is 12.0. The molecular weight excluding hydrogens is 240 g/mol. The summed E-state index contributed by atoms with van der Waals surface area (Å²) in [6, 6.07) is 5.15. The van der Waals surface area contributed by atoms with E-state index in [1.165, 1.54) is 0 Å². The molecule has 1 saturated heterocycles. The molecule has 1 aliphatic heterocycles. The number of nitrogen functional groups attached to an aromatic ring is 1. The summed E-state index contributed by atoms with van der Waals surface area (Å²) in [5, 5.41) is 3.23. The number of benzene rings is 1. The molecule has 1 unspecified atom stereocenters. The van der Waals surface area contributed by atoms with Crippen LogP contribution in [0.3, 0.4) is 0 Å². The van der Waals surface area contributed by atoms with Gasteiger partial charge in [0.15, 0.2) is 0 Å². The Balaban J connectivity index is 2.07. The van der Waals surface area contributed by atoms with Crippen molar-refractivity contribution in [2.75, 3.05) is 24.3 Å². The normalized spacial score (nSPS) is 19.9. The second-order valence-corrected chi connectivity index (χ2v) is 4.51. The minimum atomic E-state index is -0.112. The highest BCUT2D eigenvalue weighted by Gasteiger charge is 2.22. The zero-order chi connectivity index (χ0) is 12.3. The van der Waals surface area contributed by atoms with E-state index in [1.807, 2.05) is 0 Å². The molecule has 1 heterocycles. The predicted octanol–water partition coefficient (Wildman–Crippen LogP) is 2.29. The predicted molar refractivity (Wildman–Crippen MR) is 68.0 cm³/mol. The quantitative estimate of drug-likeness (QED) is 0.796. The van der Waals surface area contributed by atoms with Crippen molar-refractivity contribution in [2.24, 2.45) is 5.92 Å². The first-order valence-corrected chi connectivity index (χ1v) is 5.99. The zero-order valence-electron chi connectivity index (χ0n) is 9.41. The fourth-order valence-corrected chi connectivity index (χ4v) is 2.07. The van der Waals surface area contributed by atoms with Crippen molar-refractivity contribution in [3.63, 3.8) is 0 Å². The van der Waals surface area contributed by atoms with Gasteiger partial charge in [-0.25, -0.2) is 0 Å². The van der Waals surface area contributed by atoms with Gasteiger partial charge in [0.1, 0.15) is 0 Å². The number of nitrogens with one attached hydrogen (secondary N) is 1. The molecule has 0 aliphatic carbocycles. The van der Waals surface area contributed by atoms with Gasteiger partial charge in [-0.2, -0.15) is 0 Å². The third kappa shape index (κ3) is 2.90. The van der Waals surface area contributed by atoms with Crippen molar-refractivity contribution in [2.45, 2.75) is 12.8 Å². The van der Waals surface area contributed by atoms with Crippen LogP contribution in [0.1, 0.15) is 12.8 Å². The van der Waals surface area contributed by atoms with Gasteiger partial charge < -0.3 is 15.8 Å². The van der Waals surface area contributed by atoms with E-state index in [4.69, 9.17) is 22.1 Å². The van der Waals surface area contributed by atoms with Gasteiger partial charge in [0, 0.05) is 6.61 Å². The number of hydrogen-bond acceptors (Lipinski definition) is 3. The monoisotopic (exact) mass is 254 g/mol. The number of para-hydroxylation sites is 1.